The first-order chi connectivity index (χ1) is 12.7. The molecule has 2 aromatic rings. The third-order valence-electron chi connectivity index (χ3n) is 4.81. The van der Waals surface area contributed by atoms with E-state index in [0.717, 1.165) is 44.1 Å². The molecule has 3 rings (SSSR count). The van der Waals surface area contributed by atoms with Crippen LogP contribution in [0.5, 0.6) is 5.75 Å². The van der Waals surface area contributed by atoms with Crippen molar-refractivity contribution in [3.8, 4) is 5.75 Å². The second-order valence-corrected chi connectivity index (χ2v) is 6.99. The van der Waals surface area contributed by atoms with Crippen LogP contribution in [0.1, 0.15) is 26.2 Å². The third-order valence-corrected chi connectivity index (χ3v) is 4.81. The van der Waals surface area contributed by atoms with E-state index in [1.807, 2.05) is 18.2 Å². The molecule has 26 heavy (non-hydrogen) atoms. The van der Waals surface area contributed by atoms with Gasteiger partial charge in [-0.25, -0.2) is 0 Å². The van der Waals surface area contributed by atoms with Gasteiger partial charge in [-0.05, 0) is 49.1 Å². The summed E-state index contributed by atoms with van der Waals surface area (Å²) < 4.78 is 5.86. The van der Waals surface area contributed by atoms with Gasteiger partial charge in [0.05, 0.1) is 19.8 Å². The van der Waals surface area contributed by atoms with Gasteiger partial charge in [-0.2, -0.15) is 0 Å². The van der Waals surface area contributed by atoms with Crippen molar-refractivity contribution in [2.45, 2.75) is 26.2 Å². The van der Waals surface area contributed by atoms with E-state index in [1.54, 1.807) is 0 Å². The molecule has 5 heteroatoms. The maximum Gasteiger partial charge on any atom is 0.191 e. The summed E-state index contributed by atoms with van der Waals surface area (Å²) in [5.41, 5.74) is 0.0432. The normalized spacial score (nSPS) is 15.7. The fourth-order valence-corrected chi connectivity index (χ4v) is 2.86. The Bertz CT molecular complexity index is 741. The molecule has 2 aromatic carbocycles. The molecule has 0 saturated heterocycles. The zero-order chi connectivity index (χ0) is 18.2. The second kappa shape index (κ2) is 8.90. The topological polar surface area (TPSA) is 65.9 Å². The Hall–Kier alpha value is -2.27. The monoisotopic (exact) mass is 355 g/mol. The molecule has 1 fully saturated rings. The number of ether oxygens (including phenoxy) is 1. The van der Waals surface area contributed by atoms with Gasteiger partial charge in [-0.15, -0.1) is 0 Å². The van der Waals surface area contributed by atoms with Gasteiger partial charge in [-0.1, -0.05) is 30.3 Å². The van der Waals surface area contributed by atoms with Gasteiger partial charge < -0.3 is 20.5 Å². The van der Waals surface area contributed by atoms with Crippen molar-refractivity contribution in [1.82, 2.24) is 10.6 Å². The van der Waals surface area contributed by atoms with Crippen molar-refractivity contribution >= 4 is 16.7 Å². The Morgan fingerprint density at radius 2 is 1.96 bits per heavy atom. The maximum atomic E-state index is 9.39. The Labute approximate surface area is 155 Å². The van der Waals surface area contributed by atoms with Gasteiger partial charge in [0.1, 0.15) is 5.75 Å². The average Bonchev–Trinajstić information content (AvgIpc) is 3.46. The highest BCUT2D eigenvalue weighted by Gasteiger charge is 2.41. The quantitative estimate of drug-likeness (QED) is 0.368. The van der Waals surface area contributed by atoms with Crippen molar-refractivity contribution < 1.29 is 9.84 Å². The Balaban J connectivity index is 1.40. The lowest BCUT2D eigenvalue weighted by Crippen LogP contribution is -2.38. The summed E-state index contributed by atoms with van der Waals surface area (Å²) in [7, 11) is 0. The lowest BCUT2D eigenvalue weighted by atomic mass is 10.1. The smallest absolute Gasteiger partial charge is 0.191 e. The summed E-state index contributed by atoms with van der Waals surface area (Å²) in [6.07, 6.45) is 3.04. The van der Waals surface area contributed by atoms with Crippen LogP contribution in [0.3, 0.4) is 0 Å². The van der Waals surface area contributed by atoms with E-state index in [-0.39, 0.29) is 12.0 Å². The zero-order valence-corrected chi connectivity index (χ0v) is 15.5. The molecule has 1 aliphatic carbocycles. The molecule has 0 spiro atoms. The minimum Gasteiger partial charge on any atom is -0.494 e. The summed E-state index contributed by atoms with van der Waals surface area (Å²) in [6.45, 7) is 5.25. The highest BCUT2D eigenvalue weighted by atomic mass is 16.5. The Morgan fingerprint density at radius 3 is 2.69 bits per heavy atom. The highest BCUT2D eigenvalue weighted by Crippen LogP contribution is 2.45. The fraction of sp³-hybridized carbons (Fsp3) is 0.476. The predicted octanol–water partition coefficient (Wildman–Crippen LogP) is 2.94. The van der Waals surface area contributed by atoms with Crippen LogP contribution in [0.25, 0.3) is 10.8 Å². The molecule has 3 N–H and O–H groups in total. The maximum absolute atomic E-state index is 9.39. The second-order valence-electron chi connectivity index (χ2n) is 6.99. The summed E-state index contributed by atoms with van der Waals surface area (Å²) in [5, 5.41) is 18.4. The van der Waals surface area contributed by atoms with Crippen LogP contribution < -0.4 is 15.4 Å². The van der Waals surface area contributed by atoms with Gasteiger partial charge in [0, 0.05) is 18.5 Å². The minimum absolute atomic E-state index is 0.0432. The van der Waals surface area contributed by atoms with Crippen LogP contribution in [0.15, 0.2) is 47.5 Å². The van der Waals surface area contributed by atoms with Crippen LogP contribution in [-0.2, 0) is 0 Å². The molecule has 0 unspecified atom stereocenters. The molecule has 0 aromatic heterocycles. The van der Waals surface area contributed by atoms with Crippen LogP contribution in [0.4, 0.5) is 0 Å². The van der Waals surface area contributed by atoms with Crippen LogP contribution in [0, 0.1) is 5.41 Å². The number of aliphatic hydroxyl groups excluding tert-OH is 1. The SMILES string of the molecule is CCNC(=NCC1(CO)CC1)NCCCOc1ccc2ccccc2c1. The number of hydrogen-bond donors (Lipinski definition) is 3. The number of nitrogens with zero attached hydrogens (tertiary/aromatic N) is 1. The number of aliphatic hydroxyl groups is 1. The van der Waals surface area contributed by atoms with Gasteiger partial charge >= 0.3 is 0 Å². The minimum atomic E-state index is 0.0432. The van der Waals surface area contributed by atoms with Crippen molar-refractivity contribution in [3.05, 3.63) is 42.5 Å². The standard InChI is InChI=1S/C21H29N3O2/c1-2-22-20(24-15-21(16-25)10-11-21)23-12-5-13-26-19-9-8-17-6-3-4-7-18(17)14-19/h3-4,6-9,14,25H,2,5,10-13,15-16H2,1H3,(H2,22,23,24). The van der Waals surface area contributed by atoms with Gasteiger partial charge in [0.2, 0.25) is 0 Å². The molecule has 0 heterocycles. The van der Waals surface area contributed by atoms with E-state index in [9.17, 15) is 5.11 Å². The first kappa shape index (κ1) is 18.5. The molecule has 0 radical (unpaired) electrons. The number of hydrogen-bond acceptors (Lipinski definition) is 3. The van der Waals surface area contributed by atoms with Gasteiger partial charge in [0.25, 0.3) is 0 Å². The summed E-state index contributed by atoms with van der Waals surface area (Å²) in [5.74, 6) is 1.72. The molecule has 0 bridgehead atoms. The molecular formula is C21H29N3O2. The largest absolute Gasteiger partial charge is 0.494 e. The van der Waals surface area contributed by atoms with E-state index in [2.05, 4.69) is 46.8 Å². The number of fused-ring (bicyclic) bond motifs is 1. The van der Waals surface area contributed by atoms with E-state index in [0.29, 0.717) is 13.2 Å². The molecule has 0 amide bonds. The molecule has 1 aliphatic rings. The number of nitrogens with one attached hydrogen (secondary N) is 2. The van der Waals surface area contributed by atoms with Crippen molar-refractivity contribution in [2.24, 2.45) is 10.4 Å². The summed E-state index contributed by atoms with van der Waals surface area (Å²) in [4.78, 5) is 4.60. The highest BCUT2D eigenvalue weighted by molar-refractivity contribution is 5.83. The van der Waals surface area contributed by atoms with Crippen molar-refractivity contribution in [1.29, 1.82) is 0 Å². The van der Waals surface area contributed by atoms with Crippen LogP contribution in [0.2, 0.25) is 0 Å². The zero-order valence-electron chi connectivity index (χ0n) is 15.5. The molecule has 5 nitrogen and oxygen atoms in total. The molecule has 1 saturated carbocycles. The molecule has 0 aliphatic heterocycles. The van der Waals surface area contributed by atoms with Crippen LogP contribution >= 0.6 is 0 Å². The van der Waals surface area contributed by atoms with Crippen molar-refractivity contribution in [3.63, 3.8) is 0 Å². The summed E-state index contributed by atoms with van der Waals surface area (Å²) in [6, 6.07) is 14.5. The average molecular weight is 355 g/mol. The van der Waals surface area contributed by atoms with Crippen molar-refractivity contribution in [2.75, 3.05) is 32.8 Å². The van der Waals surface area contributed by atoms with E-state index < -0.39 is 0 Å². The van der Waals surface area contributed by atoms with E-state index in [1.165, 1.54) is 10.8 Å². The first-order valence-corrected chi connectivity index (χ1v) is 9.49. The predicted molar refractivity (Wildman–Crippen MR) is 107 cm³/mol. The third kappa shape index (κ3) is 5.11. The first-order valence-electron chi connectivity index (χ1n) is 9.49. The van der Waals surface area contributed by atoms with Gasteiger partial charge in [0.15, 0.2) is 5.96 Å². The molecule has 140 valence electrons. The lowest BCUT2D eigenvalue weighted by molar-refractivity contribution is 0.217. The number of rotatable bonds is 9. The number of guanidine groups is 1. The van der Waals surface area contributed by atoms with E-state index >= 15 is 0 Å². The summed E-state index contributed by atoms with van der Waals surface area (Å²) >= 11 is 0. The van der Waals surface area contributed by atoms with Crippen LogP contribution in [-0.4, -0.2) is 43.9 Å². The van der Waals surface area contributed by atoms with Gasteiger partial charge in [-0.3, -0.25) is 4.99 Å². The lowest BCUT2D eigenvalue weighted by Gasteiger charge is -2.14. The molecule has 0 atom stereocenters. The fourth-order valence-electron chi connectivity index (χ4n) is 2.86. The Kier molecular flexibility index (Phi) is 6.34. The molecular weight excluding hydrogens is 326 g/mol. The number of aliphatic imine (C=N–C) groups is 1. The number of benzene rings is 2. The van der Waals surface area contributed by atoms with E-state index in [4.69, 9.17) is 4.74 Å². The Morgan fingerprint density at radius 1 is 1.15 bits per heavy atom.